The minimum atomic E-state index is 0.439. The van der Waals surface area contributed by atoms with E-state index in [0.717, 1.165) is 17.8 Å². The van der Waals surface area contributed by atoms with Crippen molar-refractivity contribution in [2.75, 3.05) is 31.7 Å². The zero-order valence-electron chi connectivity index (χ0n) is 10.7. The molecule has 1 aromatic rings. The number of nitrogens with zero attached hydrogens (tertiary/aromatic N) is 4. The Morgan fingerprint density at radius 3 is 2.83 bits per heavy atom. The van der Waals surface area contributed by atoms with Crippen LogP contribution in [0.4, 0.5) is 5.82 Å². The number of aromatic nitrogens is 2. The first kappa shape index (κ1) is 14.7. The molecule has 0 unspecified atom stereocenters. The molecule has 0 bridgehead atoms. The summed E-state index contributed by atoms with van der Waals surface area (Å²) in [5.41, 5.74) is 0.910. The van der Waals surface area contributed by atoms with Crippen LogP contribution < -0.4 is 4.90 Å². The first-order valence-electron chi connectivity index (χ1n) is 5.84. The minimum Gasteiger partial charge on any atom is -0.383 e. The van der Waals surface area contributed by atoms with Crippen LogP contribution in [-0.4, -0.2) is 36.8 Å². The average Bonchev–Trinajstić information content (AvgIpc) is 2.39. The van der Waals surface area contributed by atoms with Gasteiger partial charge in [0.2, 0.25) is 0 Å². The molecule has 0 aliphatic rings. The molecular formula is C12H17ClN4O. The molecule has 1 heterocycles. The van der Waals surface area contributed by atoms with Crippen molar-refractivity contribution in [1.82, 2.24) is 9.97 Å². The Balaban J connectivity index is 2.96. The van der Waals surface area contributed by atoms with E-state index in [-0.39, 0.29) is 0 Å². The second-order valence-corrected chi connectivity index (χ2v) is 4.07. The number of hydrogen-bond acceptors (Lipinski definition) is 5. The van der Waals surface area contributed by atoms with Crippen molar-refractivity contribution in [3.63, 3.8) is 0 Å². The van der Waals surface area contributed by atoms with Gasteiger partial charge in [-0.2, -0.15) is 5.26 Å². The lowest BCUT2D eigenvalue weighted by molar-refractivity contribution is 0.205. The lowest BCUT2D eigenvalue weighted by Crippen LogP contribution is -2.30. The Labute approximate surface area is 112 Å². The number of nitriles is 1. The molecule has 18 heavy (non-hydrogen) atoms. The Morgan fingerprint density at radius 1 is 1.44 bits per heavy atom. The third-order valence-electron chi connectivity index (χ3n) is 2.58. The number of methoxy groups -OCH3 is 1. The summed E-state index contributed by atoms with van der Waals surface area (Å²) in [5, 5.41) is 9.18. The van der Waals surface area contributed by atoms with Gasteiger partial charge in [0.1, 0.15) is 17.3 Å². The molecule has 0 spiro atoms. The van der Waals surface area contributed by atoms with Gasteiger partial charge >= 0.3 is 0 Å². The summed E-state index contributed by atoms with van der Waals surface area (Å²) in [7, 11) is 1.65. The van der Waals surface area contributed by atoms with E-state index < -0.39 is 0 Å². The molecule has 0 atom stereocenters. The summed E-state index contributed by atoms with van der Waals surface area (Å²) >= 11 is 6.07. The number of hydrogen-bond donors (Lipinski definition) is 0. The fraction of sp³-hybridized carbons (Fsp3) is 0.583. The van der Waals surface area contributed by atoms with Gasteiger partial charge in [-0.1, -0.05) is 18.5 Å². The molecule has 6 heteroatoms. The van der Waals surface area contributed by atoms with Crippen molar-refractivity contribution in [3.05, 3.63) is 17.0 Å². The molecule has 0 aromatic carbocycles. The predicted octanol–water partition coefficient (Wildman–Crippen LogP) is 2.06. The molecule has 0 saturated carbocycles. The van der Waals surface area contributed by atoms with Crippen molar-refractivity contribution >= 4 is 17.4 Å². The standard InChI is InChI=1S/C12H17ClN4O/c1-3-10-11(13)15-9-16-12(10)17(6-4-5-14)7-8-18-2/h9H,3-4,6-8H2,1-2H3. The molecule has 98 valence electrons. The Bertz CT molecular complexity index is 419. The fourth-order valence-corrected chi connectivity index (χ4v) is 1.93. The van der Waals surface area contributed by atoms with E-state index in [2.05, 4.69) is 16.0 Å². The summed E-state index contributed by atoms with van der Waals surface area (Å²) in [6.07, 6.45) is 2.64. The molecule has 0 saturated heterocycles. The van der Waals surface area contributed by atoms with Crippen LogP contribution in [0.1, 0.15) is 18.9 Å². The van der Waals surface area contributed by atoms with E-state index in [1.807, 2.05) is 11.8 Å². The molecule has 0 fully saturated rings. The van der Waals surface area contributed by atoms with Crippen molar-refractivity contribution in [3.8, 4) is 6.07 Å². The fourth-order valence-electron chi connectivity index (χ4n) is 1.67. The summed E-state index contributed by atoms with van der Waals surface area (Å²) in [6, 6.07) is 2.14. The lowest BCUT2D eigenvalue weighted by Gasteiger charge is -2.24. The topological polar surface area (TPSA) is 62.0 Å². The highest BCUT2D eigenvalue weighted by molar-refractivity contribution is 6.30. The number of rotatable bonds is 7. The van der Waals surface area contributed by atoms with Gasteiger partial charge in [-0.15, -0.1) is 0 Å². The maximum Gasteiger partial charge on any atom is 0.137 e. The van der Waals surface area contributed by atoms with E-state index in [1.165, 1.54) is 6.33 Å². The SMILES string of the molecule is CCc1c(Cl)ncnc1N(CCC#N)CCOC. The average molecular weight is 269 g/mol. The molecule has 0 radical (unpaired) electrons. The molecule has 0 aliphatic heterocycles. The van der Waals surface area contributed by atoms with Gasteiger partial charge in [0, 0.05) is 25.8 Å². The van der Waals surface area contributed by atoms with Crippen LogP contribution in [0.25, 0.3) is 0 Å². The second kappa shape index (κ2) is 7.85. The van der Waals surface area contributed by atoms with Crippen LogP contribution in [0.2, 0.25) is 5.15 Å². The van der Waals surface area contributed by atoms with Crippen molar-refractivity contribution in [1.29, 1.82) is 5.26 Å². The van der Waals surface area contributed by atoms with Crippen LogP contribution >= 0.6 is 11.6 Å². The molecular weight excluding hydrogens is 252 g/mol. The zero-order valence-corrected chi connectivity index (χ0v) is 11.4. The number of anilines is 1. The lowest BCUT2D eigenvalue weighted by atomic mass is 10.2. The molecule has 1 aromatic heterocycles. The summed E-state index contributed by atoms with van der Waals surface area (Å²) in [4.78, 5) is 10.3. The highest BCUT2D eigenvalue weighted by Crippen LogP contribution is 2.23. The van der Waals surface area contributed by atoms with Gasteiger partial charge in [0.25, 0.3) is 0 Å². The monoisotopic (exact) mass is 268 g/mol. The normalized spacial score (nSPS) is 10.1. The van der Waals surface area contributed by atoms with Gasteiger partial charge < -0.3 is 9.64 Å². The van der Waals surface area contributed by atoms with Crippen LogP contribution in [0.5, 0.6) is 0 Å². The van der Waals surface area contributed by atoms with Gasteiger partial charge in [-0.3, -0.25) is 0 Å². The van der Waals surface area contributed by atoms with Crippen molar-refractivity contribution in [2.45, 2.75) is 19.8 Å². The van der Waals surface area contributed by atoms with E-state index >= 15 is 0 Å². The number of halogens is 1. The van der Waals surface area contributed by atoms with E-state index in [0.29, 0.717) is 31.3 Å². The van der Waals surface area contributed by atoms with Crippen LogP contribution in [0.15, 0.2) is 6.33 Å². The van der Waals surface area contributed by atoms with Gasteiger partial charge in [-0.25, -0.2) is 9.97 Å². The minimum absolute atomic E-state index is 0.439. The molecule has 5 nitrogen and oxygen atoms in total. The first-order valence-corrected chi connectivity index (χ1v) is 6.22. The smallest absolute Gasteiger partial charge is 0.137 e. The molecule has 0 aliphatic carbocycles. The Morgan fingerprint density at radius 2 is 2.22 bits per heavy atom. The van der Waals surface area contributed by atoms with Crippen LogP contribution in [0.3, 0.4) is 0 Å². The van der Waals surface area contributed by atoms with Crippen LogP contribution in [-0.2, 0) is 11.2 Å². The zero-order chi connectivity index (χ0) is 13.4. The van der Waals surface area contributed by atoms with Gasteiger partial charge in [0.05, 0.1) is 19.1 Å². The first-order chi connectivity index (χ1) is 8.74. The van der Waals surface area contributed by atoms with Crippen molar-refractivity contribution in [2.24, 2.45) is 0 Å². The van der Waals surface area contributed by atoms with Crippen molar-refractivity contribution < 1.29 is 4.74 Å². The number of ether oxygens (including phenoxy) is 1. The maximum atomic E-state index is 8.70. The highest BCUT2D eigenvalue weighted by Gasteiger charge is 2.14. The summed E-state index contributed by atoms with van der Waals surface area (Å²) in [5.74, 6) is 0.796. The third-order valence-corrected chi connectivity index (χ3v) is 2.91. The predicted molar refractivity (Wildman–Crippen MR) is 70.7 cm³/mol. The summed E-state index contributed by atoms with van der Waals surface area (Å²) < 4.78 is 5.08. The maximum absolute atomic E-state index is 8.70. The highest BCUT2D eigenvalue weighted by atomic mass is 35.5. The van der Waals surface area contributed by atoms with Gasteiger partial charge in [0.15, 0.2) is 0 Å². The quantitative estimate of drug-likeness (QED) is 0.709. The molecule has 0 amide bonds. The van der Waals surface area contributed by atoms with E-state index in [1.54, 1.807) is 7.11 Å². The van der Waals surface area contributed by atoms with E-state index in [4.69, 9.17) is 21.6 Å². The Hall–Kier alpha value is -1.38. The second-order valence-electron chi connectivity index (χ2n) is 3.71. The summed E-state index contributed by atoms with van der Waals surface area (Å²) in [6.45, 7) is 3.88. The van der Waals surface area contributed by atoms with Gasteiger partial charge in [-0.05, 0) is 6.42 Å². The van der Waals surface area contributed by atoms with E-state index in [9.17, 15) is 0 Å². The largest absolute Gasteiger partial charge is 0.383 e. The third kappa shape index (κ3) is 3.83. The Kier molecular flexibility index (Phi) is 6.40. The molecule has 0 N–H and O–H groups in total. The molecule has 1 rings (SSSR count). The van der Waals surface area contributed by atoms with Crippen LogP contribution in [0, 0.1) is 11.3 Å².